The lowest BCUT2D eigenvalue weighted by Crippen LogP contribution is -2.39. The molecule has 0 aliphatic rings. The van der Waals surface area contributed by atoms with Gasteiger partial charge in [0.15, 0.2) is 5.75 Å². The summed E-state index contributed by atoms with van der Waals surface area (Å²) in [4.78, 5) is 0. The minimum absolute atomic E-state index is 0.161. The van der Waals surface area contributed by atoms with Gasteiger partial charge in [0.05, 0.1) is 12.3 Å². The first kappa shape index (κ1) is 15.0. The summed E-state index contributed by atoms with van der Waals surface area (Å²) in [6.45, 7) is 14.4. The van der Waals surface area contributed by atoms with Gasteiger partial charge >= 0.3 is 0 Å². The largest absolute Gasteiger partial charge is 0.489 e. The summed E-state index contributed by atoms with van der Waals surface area (Å²) in [5, 5.41) is 7.84. The Hall–Kier alpha value is -1.03. The topological polar surface area (TPSA) is 39.1 Å². The predicted molar refractivity (Wildman–Crippen MR) is 75.1 cm³/mol. The molecule has 0 fully saturated rings. The molecular formula is C14H27N3O. The van der Waals surface area contributed by atoms with Crippen molar-refractivity contribution in [2.75, 3.05) is 13.2 Å². The van der Waals surface area contributed by atoms with Crippen LogP contribution in [0.25, 0.3) is 0 Å². The zero-order valence-corrected chi connectivity index (χ0v) is 12.8. The van der Waals surface area contributed by atoms with Gasteiger partial charge in [-0.2, -0.15) is 5.10 Å². The van der Waals surface area contributed by atoms with E-state index in [0.717, 1.165) is 30.3 Å². The molecule has 0 aliphatic carbocycles. The van der Waals surface area contributed by atoms with E-state index in [-0.39, 0.29) is 5.54 Å². The molecular weight excluding hydrogens is 226 g/mol. The molecule has 4 heteroatoms. The van der Waals surface area contributed by atoms with Gasteiger partial charge in [-0.1, -0.05) is 6.92 Å². The van der Waals surface area contributed by atoms with Crippen LogP contribution < -0.4 is 10.1 Å². The van der Waals surface area contributed by atoms with Crippen molar-refractivity contribution in [3.8, 4) is 5.75 Å². The van der Waals surface area contributed by atoms with Gasteiger partial charge in [-0.25, -0.2) is 0 Å². The summed E-state index contributed by atoms with van der Waals surface area (Å²) < 4.78 is 7.76. The van der Waals surface area contributed by atoms with Gasteiger partial charge in [-0.15, -0.1) is 0 Å². The van der Waals surface area contributed by atoms with E-state index < -0.39 is 0 Å². The molecule has 104 valence electrons. The molecule has 1 heterocycles. The van der Waals surface area contributed by atoms with E-state index in [0.29, 0.717) is 5.92 Å². The summed E-state index contributed by atoms with van der Waals surface area (Å²) >= 11 is 0. The third-order valence-corrected chi connectivity index (χ3v) is 2.94. The molecule has 4 nitrogen and oxygen atoms in total. The number of nitrogens with one attached hydrogen (secondary N) is 1. The number of aryl methyl sites for hydroxylation is 2. The van der Waals surface area contributed by atoms with E-state index in [1.165, 1.54) is 0 Å². The summed E-state index contributed by atoms with van der Waals surface area (Å²) in [6.07, 6.45) is 0. The molecule has 0 amide bonds. The Bertz CT molecular complexity index is 390. The summed E-state index contributed by atoms with van der Waals surface area (Å²) in [5.41, 5.74) is 2.21. The first-order chi connectivity index (χ1) is 8.20. The van der Waals surface area contributed by atoms with E-state index in [1.807, 2.05) is 25.6 Å². The molecule has 0 aromatic carbocycles. The Morgan fingerprint density at radius 1 is 1.33 bits per heavy atom. The van der Waals surface area contributed by atoms with Gasteiger partial charge in [0.25, 0.3) is 0 Å². The van der Waals surface area contributed by atoms with Crippen LogP contribution in [0.1, 0.15) is 39.1 Å². The zero-order valence-electron chi connectivity index (χ0n) is 12.8. The van der Waals surface area contributed by atoms with Crippen molar-refractivity contribution in [1.82, 2.24) is 15.1 Å². The highest BCUT2D eigenvalue weighted by atomic mass is 16.5. The number of rotatable bonds is 5. The Morgan fingerprint density at radius 3 is 2.39 bits per heavy atom. The molecule has 1 rings (SSSR count). The number of hydrogen-bond acceptors (Lipinski definition) is 3. The Morgan fingerprint density at radius 2 is 1.94 bits per heavy atom. The maximum Gasteiger partial charge on any atom is 0.162 e. The molecule has 1 N–H and O–H groups in total. The lowest BCUT2D eigenvalue weighted by atomic mass is 10.1. The highest BCUT2D eigenvalue weighted by Crippen LogP contribution is 2.21. The van der Waals surface area contributed by atoms with Crippen LogP contribution in [0.15, 0.2) is 0 Å². The second-order valence-electron chi connectivity index (χ2n) is 6.17. The van der Waals surface area contributed by atoms with Crippen molar-refractivity contribution in [1.29, 1.82) is 0 Å². The molecule has 1 unspecified atom stereocenters. The van der Waals surface area contributed by atoms with Gasteiger partial charge in [0, 0.05) is 25.0 Å². The number of nitrogens with zero attached hydrogens (tertiary/aromatic N) is 2. The Kier molecular flexibility index (Phi) is 4.79. The lowest BCUT2D eigenvalue weighted by Gasteiger charge is -2.23. The lowest BCUT2D eigenvalue weighted by molar-refractivity contribution is 0.241. The van der Waals surface area contributed by atoms with Crippen LogP contribution in [0.5, 0.6) is 5.75 Å². The predicted octanol–water partition coefficient (Wildman–Crippen LogP) is 2.44. The minimum atomic E-state index is 0.161. The smallest absolute Gasteiger partial charge is 0.162 e. The molecule has 1 atom stereocenters. The standard InChI is InChI=1S/C14H27N3O/c1-10(8-15-14(4,5)6)9-18-13-11(2)16-17(7)12(13)3/h10,15H,8-9H2,1-7H3. The van der Waals surface area contributed by atoms with Crippen LogP contribution in [0, 0.1) is 19.8 Å². The van der Waals surface area contributed by atoms with Gasteiger partial charge < -0.3 is 10.1 Å². The van der Waals surface area contributed by atoms with Crippen molar-refractivity contribution in [2.24, 2.45) is 13.0 Å². The highest BCUT2D eigenvalue weighted by Gasteiger charge is 2.14. The van der Waals surface area contributed by atoms with Crippen molar-refractivity contribution in [3.05, 3.63) is 11.4 Å². The normalized spacial score (nSPS) is 13.7. The fourth-order valence-electron chi connectivity index (χ4n) is 1.73. The minimum Gasteiger partial charge on any atom is -0.489 e. The van der Waals surface area contributed by atoms with E-state index in [1.54, 1.807) is 0 Å². The van der Waals surface area contributed by atoms with Crippen LogP contribution in [0.4, 0.5) is 0 Å². The fraction of sp³-hybridized carbons (Fsp3) is 0.786. The quantitative estimate of drug-likeness (QED) is 0.876. The number of aromatic nitrogens is 2. The van der Waals surface area contributed by atoms with Gasteiger partial charge in [0.2, 0.25) is 0 Å². The number of hydrogen-bond donors (Lipinski definition) is 1. The first-order valence-corrected chi connectivity index (χ1v) is 6.58. The summed E-state index contributed by atoms with van der Waals surface area (Å²) in [7, 11) is 1.94. The maximum atomic E-state index is 5.89. The van der Waals surface area contributed by atoms with E-state index >= 15 is 0 Å². The van der Waals surface area contributed by atoms with Gasteiger partial charge in [-0.05, 0) is 34.6 Å². The second kappa shape index (κ2) is 5.74. The number of ether oxygens (including phenoxy) is 1. The third kappa shape index (κ3) is 4.33. The van der Waals surface area contributed by atoms with E-state index in [9.17, 15) is 0 Å². The zero-order chi connectivity index (χ0) is 13.9. The average Bonchev–Trinajstić information content (AvgIpc) is 2.47. The first-order valence-electron chi connectivity index (χ1n) is 6.58. The Balaban J connectivity index is 2.45. The molecule has 1 aromatic rings. The van der Waals surface area contributed by atoms with E-state index in [2.05, 4.69) is 38.1 Å². The molecule has 1 aromatic heterocycles. The molecule has 0 aliphatic heterocycles. The average molecular weight is 253 g/mol. The monoisotopic (exact) mass is 253 g/mol. The molecule has 0 saturated heterocycles. The highest BCUT2D eigenvalue weighted by molar-refractivity contribution is 5.31. The second-order valence-corrected chi connectivity index (χ2v) is 6.17. The fourth-order valence-corrected chi connectivity index (χ4v) is 1.73. The van der Waals surface area contributed by atoms with Gasteiger partial charge in [-0.3, -0.25) is 4.68 Å². The van der Waals surface area contributed by atoms with E-state index in [4.69, 9.17) is 4.74 Å². The molecule has 0 bridgehead atoms. The van der Waals surface area contributed by atoms with Crippen molar-refractivity contribution in [2.45, 2.75) is 47.1 Å². The van der Waals surface area contributed by atoms with Crippen molar-refractivity contribution >= 4 is 0 Å². The van der Waals surface area contributed by atoms with Crippen molar-refractivity contribution < 1.29 is 4.74 Å². The SMILES string of the molecule is Cc1nn(C)c(C)c1OCC(C)CNC(C)(C)C. The summed E-state index contributed by atoms with van der Waals surface area (Å²) in [6, 6.07) is 0. The van der Waals surface area contributed by atoms with Crippen molar-refractivity contribution in [3.63, 3.8) is 0 Å². The van der Waals surface area contributed by atoms with Crippen LogP contribution >= 0.6 is 0 Å². The molecule has 0 radical (unpaired) electrons. The molecule has 18 heavy (non-hydrogen) atoms. The third-order valence-electron chi connectivity index (χ3n) is 2.94. The van der Waals surface area contributed by atoms with Crippen LogP contribution in [-0.4, -0.2) is 28.5 Å². The van der Waals surface area contributed by atoms with Gasteiger partial charge in [0.1, 0.15) is 5.69 Å². The van der Waals surface area contributed by atoms with Crippen LogP contribution in [0.3, 0.4) is 0 Å². The Labute approximate surface area is 111 Å². The van der Waals surface area contributed by atoms with Crippen LogP contribution in [0.2, 0.25) is 0 Å². The maximum absolute atomic E-state index is 5.89. The molecule has 0 spiro atoms. The summed E-state index contributed by atoms with van der Waals surface area (Å²) in [5.74, 6) is 1.41. The van der Waals surface area contributed by atoms with Crippen LogP contribution in [-0.2, 0) is 7.05 Å². The molecule has 0 saturated carbocycles.